The Morgan fingerprint density at radius 2 is 2.00 bits per heavy atom. The van der Waals surface area contributed by atoms with Crippen LogP contribution >= 0.6 is 0 Å². The van der Waals surface area contributed by atoms with Gasteiger partial charge in [-0.1, -0.05) is 19.9 Å². The summed E-state index contributed by atoms with van der Waals surface area (Å²) < 4.78 is 14.1. The van der Waals surface area contributed by atoms with E-state index < -0.39 is 0 Å². The summed E-state index contributed by atoms with van der Waals surface area (Å²) in [5.41, 5.74) is 7.70. The summed E-state index contributed by atoms with van der Waals surface area (Å²) >= 11 is 0. The zero-order valence-corrected chi connectivity index (χ0v) is 12.2. The molecular formula is C16H25FN2. The summed E-state index contributed by atoms with van der Waals surface area (Å²) in [6.07, 6.45) is 3.05. The van der Waals surface area contributed by atoms with Gasteiger partial charge in [0.1, 0.15) is 5.82 Å². The largest absolute Gasteiger partial charge is 0.368 e. The van der Waals surface area contributed by atoms with Crippen LogP contribution in [0.5, 0.6) is 0 Å². The number of halogens is 1. The van der Waals surface area contributed by atoms with E-state index in [1.807, 2.05) is 19.1 Å². The fourth-order valence-corrected chi connectivity index (χ4v) is 2.56. The van der Waals surface area contributed by atoms with Crippen molar-refractivity contribution in [2.45, 2.75) is 52.1 Å². The van der Waals surface area contributed by atoms with Gasteiger partial charge in [0.25, 0.3) is 0 Å². The van der Waals surface area contributed by atoms with Crippen LogP contribution in [0.2, 0.25) is 0 Å². The van der Waals surface area contributed by atoms with Gasteiger partial charge in [-0.2, -0.15) is 0 Å². The molecule has 0 saturated heterocycles. The summed E-state index contributed by atoms with van der Waals surface area (Å²) in [6, 6.07) is 5.97. The minimum atomic E-state index is -0.121. The highest BCUT2D eigenvalue weighted by Crippen LogP contribution is 2.35. The van der Waals surface area contributed by atoms with Crippen LogP contribution in [0.25, 0.3) is 0 Å². The molecule has 2 rings (SSSR count). The van der Waals surface area contributed by atoms with Crippen molar-refractivity contribution >= 4 is 5.69 Å². The average Bonchev–Trinajstić information content (AvgIpc) is 3.12. The molecule has 0 heterocycles. The lowest BCUT2D eigenvalue weighted by Gasteiger charge is -2.29. The molecule has 1 aliphatic carbocycles. The molecule has 2 N–H and O–H groups in total. The van der Waals surface area contributed by atoms with Crippen LogP contribution in [0.1, 0.15) is 39.2 Å². The van der Waals surface area contributed by atoms with Gasteiger partial charge in [-0.3, -0.25) is 0 Å². The summed E-state index contributed by atoms with van der Waals surface area (Å²) in [5.74, 6) is 0.455. The molecule has 1 atom stereocenters. The Kier molecular flexibility index (Phi) is 4.46. The number of rotatable bonds is 6. The molecule has 2 nitrogen and oxygen atoms in total. The van der Waals surface area contributed by atoms with Crippen molar-refractivity contribution in [3.63, 3.8) is 0 Å². The molecule has 1 aliphatic rings. The average molecular weight is 264 g/mol. The molecule has 19 heavy (non-hydrogen) atoms. The molecule has 1 unspecified atom stereocenters. The van der Waals surface area contributed by atoms with Crippen LogP contribution in [-0.2, 0) is 6.42 Å². The van der Waals surface area contributed by atoms with E-state index in [4.69, 9.17) is 5.73 Å². The number of nitrogens with two attached hydrogens (primary N) is 1. The van der Waals surface area contributed by atoms with E-state index in [2.05, 4.69) is 18.7 Å². The molecule has 3 heteroatoms. The Bertz CT molecular complexity index is 425. The van der Waals surface area contributed by atoms with E-state index in [9.17, 15) is 4.39 Å². The van der Waals surface area contributed by atoms with E-state index in [0.29, 0.717) is 18.4 Å². The minimum absolute atomic E-state index is 0.0178. The lowest BCUT2D eigenvalue weighted by molar-refractivity contribution is 0.580. The third-order valence-corrected chi connectivity index (χ3v) is 3.48. The standard InChI is InChI=1S/C16H25FN2/c1-11(2)10-19(13-7-8-13)16-6-4-5-15(17)14(16)9-12(3)18/h4-6,11-13H,7-10,18H2,1-3H3. The second kappa shape index (κ2) is 5.91. The molecule has 0 amide bonds. The lowest BCUT2D eigenvalue weighted by atomic mass is 10.0. The molecule has 0 aromatic heterocycles. The van der Waals surface area contributed by atoms with Gasteiger partial charge in [-0.05, 0) is 44.2 Å². The van der Waals surface area contributed by atoms with Gasteiger partial charge in [0, 0.05) is 29.9 Å². The SMILES string of the molecule is CC(C)CN(c1cccc(F)c1CC(C)N)C1CC1. The molecule has 106 valence electrons. The first-order chi connectivity index (χ1) is 8.99. The van der Waals surface area contributed by atoms with Crippen LogP contribution in [0.3, 0.4) is 0 Å². The molecule has 1 saturated carbocycles. The Labute approximate surface area is 115 Å². The molecule has 0 aliphatic heterocycles. The zero-order chi connectivity index (χ0) is 14.0. The highest BCUT2D eigenvalue weighted by molar-refractivity contribution is 5.56. The fraction of sp³-hybridized carbons (Fsp3) is 0.625. The lowest BCUT2D eigenvalue weighted by Crippen LogP contribution is -2.32. The maximum Gasteiger partial charge on any atom is 0.128 e. The monoisotopic (exact) mass is 264 g/mol. The van der Waals surface area contributed by atoms with Crippen LogP contribution in [-0.4, -0.2) is 18.6 Å². The van der Waals surface area contributed by atoms with Crippen LogP contribution in [0, 0.1) is 11.7 Å². The molecule has 1 aromatic carbocycles. The highest BCUT2D eigenvalue weighted by atomic mass is 19.1. The zero-order valence-electron chi connectivity index (χ0n) is 12.2. The minimum Gasteiger partial charge on any atom is -0.368 e. The summed E-state index contributed by atoms with van der Waals surface area (Å²) in [6.45, 7) is 7.33. The van der Waals surface area contributed by atoms with Gasteiger partial charge >= 0.3 is 0 Å². The van der Waals surface area contributed by atoms with Gasteiger partial charge in [0.2, 0.25) is 0 Å². The van der Waals surface area contributed by atoms with Crippen LogP contribution in [0.4, 0.5) is 10.1 Å². The highest BCUT2D eigenvalue weighted by Gasteiger charge is 2.31. The Balaban J connectivity index is 2.32. The first-order valence-electron chi connectivity index (χ1n) is 7.28. The van der Waals surface area contributed by atoms with Crippen molar-refractivity contribution in [1.29, 1.82) is 0 Å². The summed E-state index contributed by atoms with van der Waals surface area (Å²) in [7, 11) is 0. The predicted octanol–water partition coefficient (Wildman–Crippen LogP) is 3.34. The van der Waals surface area contributed by atoms with Crippen molar-refractivity contribution in [3.05, 3.63) is 29.6 Å². The Morgan fingerprint density at radius 3 is 2.53 bits per heavy atom. The third-order valence-electron chi connectivity index (χ3n) is 3.48. The molecular weight excluding hydrogens is 239 g/mol. The molecule has 0 radical (unpaired) electrons. The van der Waals surface area contributed by atoms with Crippen molar-refractivity contribution in [2.75, 3.05) is 11.4 Å². The van der Waals surface area contributed by atoms with Gasteiger partial charge in [-0.25, -0.2) is 4.39 Å². The number of nitrogens with zero attached hydrogens (tertiary/aromatic N) is 1. The maximum atomic E-state index is 14.1. The van der Waals surface area contributed by atoms with Crippen LogP contribution in [0.15, 0.2) is 18.2 Å². The second-order valence-electron chi connectivity index (χ2n) is 6.20. The number of hydrogen-bond acceptors (Lipinski definition) is 2. The second-order valence-corrected chi connectivity index (χ2v) is 6.20. The topological polar surface area (TPSA) is 29.3 Å². The van der Waals surface area contributed by atoms with Gasteiger partial charge in [0.05, 0.1) is 0 Å². The summed E-state index contributed by atoms with van der Waals surface area (Å²) in [4.78, 5) is 2.38. The molecule has 1 aromatic rings. The summed E-state index contributed by atoms with van der Waals surface area (Å²) in [5, 5.41) is 0. The van der Waals surface area contributed by atoms with Crippen molar-refractivity contribution in [3.8, 4) is 0 Å². The quantitative estimate of drug-likeness (QED) is 0.854. The number of anilines is 1. The van der Waals surface area contributed by atoms with Crippen molar-refractivity contribution in [2.24, 2.45) is 11.7 Å². The van der Waals surface area contributed by atoms with Crippen LogP contribution < -0.4 is 10.6 Å². The van der Waals surface area contributed by atoms with E-state index in [0.717, 1.165) is 17.8 Å². The van der Waals surface area contributed by atoms with E-state index >= 15 is 0 Å². The first-order valence-corrected chi connectivity index (χ1v) is 7.28. The van der Waals surface area contributed by atoms with E-state index in [-0.39, 0.29) is 11.9 Å². The number of benzene rings is 1. The Hall–Kier alpha value is -1.09. The Morgan fingerprint density at radius 1 is 1.32 bits per heavy atom. The maximum absolute atomic E-state index is 14.1. The van der Waals surface area contributed by atoms with Crippen molar-refractivity contribution < 1.29 is 4.39 Å². The molecule has 1 fully saturated rings. The fourth-order valence-electron chi connectivity index (χ4n) is 2.56. The molecule has 0 spiro atoms. The first kappa shape index (κ1) is 14.3. The number of hydrogen-bond donors (Lipinski definition) is 1. The van der Waals surface area contributed by atoms with Crippen molar-refractivity contribution in [1.82, 2.24) is 0 Å². The van der Waals surface area contributed by atoms with E-state index in [1.165, 1.54) is 12.8 Å². The van der Waals surface area contributed by atoms with Gasteiger partial charge in [-0.15, -0.1) is 0 Å². The van der Waals surface area contributed by atoms with Gasteiger partial charge < -0.3 is 10.6 Å². The van der Waals surface area contributed by atoms with Gasteiger partial charge in [0.15, 0.2) is 0 Å². The van der Waals surface area contributed by atoms with E-state index in [1.54, 1.807) is 6.07 Å². The third kappa shape index (κ3) is 3.69. The smallest absolute Gasteiger partial charge is 0.128 e. The normalized spacial score (nSPS) is 16.7. The molecule has 0 bridgehead atoms. The predicted molar refractivity (Wildman–Crippen MR) is 79.0 cm³/mol.